The zero-order valence-corrected chi connectivity index (χ0v) is 19.8. The van der Waals surface area contributed by atoms with E-state index in [4.69, 9.17) is 4.74 Å². The standard InChI is InChI=1S/C24H34N2O4S/c1-5-30-22-14-12-21(13-15-22)8-6-16-25-24(27)9-7-17-26(31(4,28)29)23-18-19(2)10-11-20(23)3/h10-15,18H,5-9,16-17H2,1-4H3,(H,25,27). The molecule has 0 spiro atoms. The maximum absolute atomic E-state index is 12.3. The van der Waals surface area contributed by atoms with Crippen LogP contribution in [0.5, 0.6) is 5.75 Å². The van der Waals surface area contributed by atoms with E-state index in [9.17, 15) is 13.2 Å². The quantitative estimate of drug-likeness (QED) is 0.500. The maximum atomic E-state index is 12.3. The number of carbonyl (C=O) groups excluding carboxylic acids is 1. The summed E-state index contributed by atoms with van der Waals surface area (Å²) in [6.07, 6.45) is 3.68. The van der Waals surface area contributed by atoms with Crippen molar-refractivity contribution < 1.29 is 17.9 Å². The van der Waals surface area contributed by atoms with Crippen LogP contribution in [-0.4, -0.2) is 40.3 Å². The fourth-order valence-corrected chi connectivity index (χ4v) is 4.38. The lowest BCUT2D eigenvalue weighted by Crippen LogP contribution is -2.33. The number of amides is 1. The molecule has 1 amide bonds. The fourth-order valence-electron chi connectivity index (χ4n) is 3.36. The maximum Gasteiger partial charge on any atom is 0.232 e. The largest absolute Gasteiger partial charge is 0.494 e. The Morgan fingerprint density at radius 3 is 2.42 bits per heavy atom. The third-order valence-corrected chi connectivity index (χ3v) is 6.18. The van der Waals surface area contributed by atoms with Crippen molar-refractivity contribution >= 4 is 21.6 Å². The number of rotatable bonds is 12. The van der Waals surface area contributed by atoms with Gasteiger partial charge in [-0.25, -0.2) is 8.42 Å². The number of nitrogens with zero attached hydrogens (tertiary/aromatic N) is 1. The van der Waals surface area contributed by atoms with E-state index in [-0.39, 0.29) is 12.5 Å². The summed E-state index contributed by atoms with van der Waals surface area (Å²) in [4.78, 5) is 12.2. The molecule has 0 aliphatic heterocycles. The molecule has 0 bridgehead atoms. The van der Waals surface area contributed by atoms with E-state index >= 15 is 0 Å². The van der Waals surface area contributed by atoms with Crippen LogP contribution in [0, 0.1) is 13.8 Å². The minimum absolute atomic E-state index is 0.0545. The molecule has 7 heteroatoms. The van der Waals surface area contributed by atoms with Gasteiger partial charge in [0.2, 0.25) is 15.9 Å². The van der Waals surface area contributed by atoms with Crippen molar-refractivity contribution in [3.05, 3.63) is 59.2 Å². The number of sulfonamides is 1. The van der Waals surface area contributed by atoms with Gasteiger partial charge in [-0.1, -0.05) is 24.3 Å². The van der Waals surface area contributed by atoms with E-state index in [0.29, 0.717) is 31.7 Å². The number of nitrogens with one attached hydrogen (secondary N) is 1. The minimum Gasteiger partial charge on any atom is -0.494 e. The van der Waals surface area contributed by atoms with Gasteiger partial charge in [0.15, 0.2) is 0 Å². The molecule has 0 fully saturated rings. The molecular weight excluding hydrogens is 412 g/mol. The molecule has 31 heavy (non-hydrogen) atoms. The fraction of sp³-hybridized carbons (Fsp3) is 0.458. The Hall–Kier alpha value is -2.54. The van der Waals surface area contributed by atoms with Crippen molar-refractivity contribution in [3.63, 3.8) is 0 Å². The number of hydrogen-bond donors (Lipinski definition) is 1. The van der Waals surface area contributed by atoms with E-state index in [1.54, 1.807) is 0 Å². The SMILES string of the molecule is CCOc1ccc(CCCNC(=O)CCCN(c2cc(C)ccc2C)S(C)(=O)=O)cc1. The summed E-state index contributed by atoms with van der Waals surface area (Å²) in [5.41, 5.74) is 3.78. The van der Waals surface area contributed by atoms with E-state index in [2.05, 4.69) is 5.32 Å². The van der Waals surface area contributed by atoms with Crippen molar-refractivity contribution in [2.75, 3.05) is 30.3 Å². The van der Waals surface area contributed by atoms with Gasteiger partial charge in [0.1, 0.15) is 5.75 Å². The Bertz CT molecular complexity index is 956. The molecule has 2 rings (SSSR count). The van der Waals surface area contributed by atoms with Gasteiger partial charge in [0.05, 0.1) is 18.6 Å². The molecule has 0 aromatic heterocycles. The Kier molecular flexibility index (Phi) is 9.37. The zero-order chi connectivity index (χ0) is 22.9. The minimum atomic E-state index is -3.42. The first-order valence-electron chi connectivity index (χ1n) is 10.7. The van der Waals surface area contributed by atoms with Crippen LogP contribution in [0.2, 0.25) is 0 Å². The van der Waals surface area contributed by atoms with Crippen LogP contribution in [0.3, 0.4) is 0 Å². The highest BCUT2D eigenvalue weighted by Gasteiger charge is 2.19. The second kappa shape index (κ2) is 11.7. The Labute approximate surface area is 186 Å². The van der Waals surface area contributed by atoms with Crippen LogP contribution in [-0.2, 0) is 21.2 Å². The first kappa shape index (κ1) is 24.7. The number of benzene rings is 2. The molecular formula is C24H34N2O4S. The Balaban J connectivity index is 1.76. The number of hydrogen-bond acceptors (Lipinski definition) is 4. The van der Waals surface area contributed by atoms with Crippen LogP contribution in [0.4, 0.5) is 5.69 Å². The van der Waals surface area contributed by atoms with Gasteiger partial charge in [-0.05, 0) is 74.9 Å². The Morgan fingerprint density at radius 2 is 1.77 bits per heavy atom. The predicted molar refractivity (Wildman–Crippen MR) is 126 cm³/mol. The van der Waals surface area contributed by atoms with Gasteiger partial charge in [0.25, 0.3) is 0 Å². The third kappa shape index (κ3) is 8.25. The molecule has 0 saturated carbocycles. The first-order chi connectivity index (χ1) is 14.7. The van der Waals surface area contributed by atoms with Crippen molar-refractivity contribution in [3.8, 4) is 5.75 Å². The van der Waals surface area contributed by atoms with E-state index < -0.39 is 10.0 Å². The molecule has 2 aromatic rings. The smallest absolute Gasteiger partial charge is 0.232 e. The average Bonchev–Trinajstić information content (AvgIpc) is 2.71. The van der Waals surface area contributed by atoms with E-state index in [0.717, 1.165) is 29.7 Å². The number of aryl methyl sites for hydroxylation is 3. The Morgan fingerprint density at radius 1 is 1.06 bits per heavy atom. The molecule has 0 saturated heterocycles. The normalized spacial score (nSPS) is 11.2. The van der Waals surface area contributed by atoms with Gasteiger partial charge in [-0.2, -0.15) is 0 Å². The summed E-state index contributed by atoms with van der Waals surface area (Å²) in [6.45, 7) is 7.31. The second-order valence-corrected chi connectivity index (χ2v) is 9.67. The molecule has 0 radical (unpaired) electrons. The van der Waals surface area contributed by atoms with Crippen LogP contribution in [0.1, 0.15) is 42.9 Å². The van der Waals surface area contributed by atoms with Crippen LogP contribution in [0.15, 0.2) is 42.5 Å². The van der Waals surface area contributed by atoms with Gasteiger partial charge < -0.3 is 10.1 Å². The van der Waals surface area contributed by atoms with Gasteiger partial charge in [0, 0.05) is 19.5 Å². The lowest BCUT2D eigenvalue weighted by Gasteiger charge is -2.24. The molecule has 6 nitrogen and oxygen atoms in total. The third-order valence-electron chi connectivity index (χ3n) is 5.00. The molecule has 0 aliphatic carbocycles. The first-order valence-corrected chi connectivity index (χ1v) is 12.6. The number of carbonyl (C=O) groups is 1. The molecule has 0 unspecified atom stereocenters. The highest BCUT2D eigenvalue weighted by molar-refractivity contribution is 7.92. The molecule has 2 aromatic carbocycles. The predicted octanol–water partition coefficient (Wildman–Crippen LogP) is 4.00. The average molecular weight is 447 g/mol. The van der Waals surface area contributed by atoms with E-state index in [1.807, 2.05) is 63.2 Å². The summed E-state index contributed by atoms with van der Waals surface area (Å²) in [7, 11) is -3.42. The molecule has 0 heterocycles. The van der Waals surface area contributed by atoms with Crippen molar-refractivity contribution in [2.45, 2.75) is 46.5 Å². The van der Waals surface area contributed by atoms with Gasteiger partial charge >= 0.3 is 0 Å². The number of anilines is 1. The second-order valence-electron chi connectivity index (χ2n) is 7.76. The monoisotopic (exact) mass is 446 g/mol. The van der Waals surface area contributed by atoms with Crippen molar-refractivity contribution in [1.82, 2.24) is 5.32 Å². The summed E-state index contributed by atoms with van der Waals surface area (Å²) in [5.74, 6) is 0.810. The highest BCUT2D eigenvalue weighted by Crippen LogP contribution is 2.24. The number of ether oxygens (including phenoxy) is 1. The summed E-state index contributed by atoms with van der Waals surface area (Å²) in [6, 6.07) is 13.7. The van der Waals surface area contributed by atoms with Crippen LogP contribution < -0.4 is 14.4 Å². The molecule has 0 aliphatic rings. The van der Waals surface area contributed by atoms with Gasteiger partial charge in [-0.3, -0.25) is 9.10 Å². The highest BCUT2D eigenvalue weighted by atomic mass is 32.2. The zero-order valence-electron chi connectivity index (χ0n) is 19.0. The summed E-state index contributed by atoms with van der Waals surface area (Å²) in [5, 5.41) is 2.93. The topological polar surface area (TPSA) is 75.7 Å². The van der Waals surface area contributed by atoms with E-state index in [1.165, 1.54) is 16.1 Å². The molecule has 0 atom stereocenters. The van der Waals surface area contributed by atoms with Crippen LogP contribution >= 0.6 is 0 Å². The molecule has 1 N–H and O–H groups in total. The summed E-state index contributed by atoms with van der Waals surface area (Å²) >= 11 is 0. The van der Waals surface area contributed by atoms with Crippen molar-refractivity contribution in [2.24, 2.45) is 0 Å². The van der Waals surface area contributed by atoms with Crippen LogP contribution in [0.25, 0.3) is 0 Å². The lowest BCUT2D eigenvalue weighted by molar-refractivity contribution is -0.121. The van der Waals surface area contributed by atoms with Crippen molar-refractivity contribution in [1.29, 1.82) is 0 Å². The summed E-state index contributed by atoms with van der Waals surface area (Å²) < 4.78 is 31.4. The molecule has 170 valence electrons. The van der Waals surface area contributed by atoms with Gasteiger partial charge in [-0.15, -0.1) is 0 Å². The lowest BCUT2D eigenvalue weighted by atomic mass is 10.1.